The monoisotopic (exact) mass is 425 g/mol. The number of hydrogen-bond donors (Lipinski definition) is 0. The Hall–Kier alpha value is -2.17. The predicted molar refractivity (Wildman–Crippen MR) is 141 cm³/mol. The van der Waals surface area contributed by atoms with Crippen LogP contribution in [0.15, 0.2) is 84.9 Å². The highest BCUT2D eigenvalue weighted by atomic mass is 31.2. The fourth-order valence-corrected chi connectivity index (χ4v) is 11.9. The summed E-state index contributed by atoms with van der Waals surface area (Å²) in [5.74, 6) is 0. The van der Waals surface area contributed by atoms with Gasteiger partial charge in [0.05, 0.1) is 19.1 Å². The molecule has 158 valence electrons. The molecule has 1 aliphatic rings. The maximum Gasteiger partial charge on any atom is 0.107 e. The first-order valence-electron chi connectivity index (χ1n) is 12.2. The number of rotatable bonds is 6. The maximum atomic E-state index is 2.50. The largest absolute Gasteiger partial charge is 0.107 e. The second kappa shape index (κ2) is 9.13. The third kappa shape index (κ3) is 3.70. The molecule has 0 radical (unpaired) electrons. The number of unbranched alkanes of at least 4 members (excludes halogenated alkanes) is 1. The summed E-state index contributed by atoms with van der Waals surface area (Å²) in [6, 6.07) is 32.5. The molecule has 4 aromatic carbocycles. The Morgan fingerprint density at radius 1 is 0.645 bits per heavy atom. The molecule has 0 aliphatic heterocycles. The van der Waals surface area contributed by atoms with Crippen LogP contribution in [0.2, 0.25) is 0 Å². The lowest BCUT2D eigenvalue weighted by Gasteiger charge is -2.38. The van der Waals surface area contributed by atoms with Crippen molar-refractivity contribution in [1.29, 1.82) is 0 Å². The molecule has 0 heterocycles. The zero-order chi connectivity index (χ0) is 21.1. The lowest BCUT2D eigenvalue weighted by molar-refractivity contribution is 0.509. The first-order chi connectivity index (χ1) is 15.3. The molecule has 4 aromatic rings. The Labute approximate surface area is 188 Å². The molecule has 1 heteroatoms. The van der Waals surface area contributed by atoms with E-state index in [-0.39, 0.29) is 0 Å². The van der Waals surface area contributed by atoms with Gasteiger partial charge in [0.15, 0.2) is 0 Å². The Balaban J connectivity index is 1.86. The lowest BCUT2D eigenvalue weighted by Crippen LogP contribution is -2.36. The van der Waals surface area contributed by atoms with Crippen LogP contribution in [-0.2, 0) is 0 Å². The van der Waals surface area contributed by atoms with Crippen LogP contribution in [0.1, 0.15) is 51.9 Å². The molecule has 0 bridgehead atoms. The molecule has 0 nitrogen and oxygen atoms in total. The number of fused-ring (bicyclic) bond motifs is 2. The quantitative estimate of drug-likeness (QED) is 0.274. The molecule has 0 spiro atoms. The summed E-state index contributed by atoms with van der Waals surface area (Å²) in [6.07, 6.45) is 10.9. The Morgan fingerprint density at radius 2 is 1.16 bits per heavy atom. The van der Waals surface area contributed by atoms with Gasteiger partial charge in [-0.2, -0.15) is 0 Å². The molecule has 0 saturated heterocycles. The smallest absolute Gasteiger partial charge is 0.0652 e. The van der Waals surface area contributed by atoms with Crippen molar-refractivity contribution in [3.63, 3.8) is 0 Å². The van der Waals surface area contributed by atoms with Crippen molar-refractivity contribution in [2.24, 2.45) is 0 Å². The molecule has 0 unspecified atom stereocenters. The van der Waals surface area contributed by atoms with E-state index >= 15 is 0 Å². The van der Waals surface area contributed by atoms with E-state index in [1.807, 2.05) is 0 Å². The van der Waals surface area contributed by atoms with Gasteiger partial charge in [-0.05, 0) is 55.0 Å². The van der Waals surface area contributed by atoms with E-state index < -0.39 is 7.26 Å². The SMILES string of the molecule is CCCC[P+](c1cccc2ccccc12)(c1cccc2ccccc12)C1CCCCC1. The van der Waals surface area contributed by atoms with Crippen LogP contribution in [0.5, 0.6) is 0 Å². The van der Waals surface area contributed by atoms with E-state index in [1.165, 1.54) is 72.7 Å². The molecular weight excluding hydrogens is 391 g/mol. The first-order valence-corrected chi connectivity index (χ1v) is 14.2. The van der Waals surface area contributed by atoms with Gasteiger partial charge in [-0.3, -0.25) is 0 Å². The van der Waals surface area contributed by atoms with Crippen molar-refractivity contribution in [3.8, 4) is 0 Å². The summed E-state index contributed by atoms with van der Waals surface area (Å²) < 4.78 is 0. The molecule has 0 amide bonds. The average molecular weight is 426 g/mol. The third-order valence-corrected chi connectivity index (χ3v) is 12.7. The minimum Gasteiger partial charge on any atom is -0.0652 e. The van der Waals surface area contributed by atoms with E-state index in [9.17, 15) is 0 Å². The topological polar surface area (TPSA) is 0 Å². The normalized spacial score (nSPS) is 15.5. The third-order valence-electron chi connectivity index (χ3n) is 7.46. The fourth-order valence-electron chi connectivity index (χ4n) is 5.99. The molecule has 1 saturated carbocycles. The molecule has 5 rings (SSSR count). The zero-order valence-electron chi connectivity index (χ0n) is 18.8. The van der Waals surface area contributed by atoms with Gasteiger partial charge in [0.25, 0.3) is 0 Å². The number of benzene rings is 4. The predicted octanol–water partition coefficient (Wildman–Crippen LogP) is 8.09. The van der Waals surface area contributed by atoms with Crippen molar-refractivity contribution in [2.75, 3.05) is 6.16 Å². The summed E-state index contributed by atoms with van der Waals surface area (Å²) >= 11 is 0. The van der Waals surface area contributed by atoms with E-state index in [0.29, 0.717) is 0 Å². The highest BCUT2D eigenvalue weighted by molar-refractivity contribution is 7.90. The maximum absolute atomic E-state index is 2.50. The Kier molecular flexibility index (Phi) is 6.10. The second-order valence-electron chi connectivity index (χ2n) is 9.23. The van der Waals surface area contributed by atoms with Crippen LogP contribution in [0.4, 0.5) is 0 Å². The van der Waals surface area contributed by atoms with E-state index in [1.54, 1.807) is 10.6 Å². The van der Waals surface area contributed by atoms with Crippen LogP contribution in [0.3, 0.4) is 0 Å². The van der Waals surface area contributed by atoms with Gasteiger partial charge in [-0.1, -0.05) is 92.6 Å². The molecule has 0 atom stereocenters. The standard InChI is InChI=1S/C30H34P/c1-2-3-23-31(26-17-5-4-6-18-26,29-21-11-15-24-13-7-9-19-27(24)29)30-22-12-16-25-14-8-10-20-28(25)30/h7-16,19-22,26H,2-6,17-18,23H2,1H3/q+1. The molecule has 31 heavy (non-hydrogen) atoms. The van der Waals surface area contributed by atoms with Crippen molar-refractivity contribution < 1.29 is 0 Å². The number of hydrogen-bond acceptors (Lipinski definition) is 0. The minimum absolute atomic E-state index is 0.810. The van der Waals surface area contributed by atoms with E-state index in [4.69, 9.17) is 0 Å². The second-order valence-corrected chi connectivity index (χ2v) is 13.1. The van der Waals surface area contributed by atoms with Gasteiger partial charge < -0.3 is 0 Å². The molecular formula is C30H34P+. The van der Waals surface area contributed by atoms with Crippen molar-refractivity contribution in [2.45, 2.75) is 57.5 Å². The summed E-state index contributed by atoms with van der Waals surface area (Å²) in [6.45, 7) is 2.36. The molecule has 1 fully saturated rings. The van der Waals surface area contributed by atoms with Gasteiger partial charge in [-0.25, -0.2) is 0 Å². The van der Waals surface area contributed by atoms with Crippen molar-refractivity contribution in [1.82, 2.24) is 0 Å². The van der Waals surface area contributed by atoms with Crippen LogP contribution in [-0.4, -0.2) is 11.8 Å². The first kappa shape index (κ1) is 20.7. The van der Waals surface area contributed by atoms with Crippen LogP contribution >= 0.6 is 7.26 Å². The Morgan fingerprint density at radius 3 is 1.71 bits per heavy atom. The lowest BCUT2D eigenvalue weighted by atomic mass is 10.0. The van der Waals surface area contributed by atoms with Gasteiger partial charge in [-0.15, -0.1) is 0 Å². The molecule has 0 N–H and O–H groups in total. The minimum atomic E-state index is -1.58. The molecule has 0 aromatic heterocycles. The van der Waals surface area contributed by atoms with Crippen molar-refractivity contribution >= 4 is 39.4 Å². The van der Waals surface area contributed by atoms with Gasteiger partial charge in [0.2, 0.25) is 0 Å². The van der Waals surface area contributed by atoms with Crippen LogP contribution in [0.25, 0.3) is 21.5 Å². The van der Waals surface area contributed by atoms with Crippen LogP contribution < -0.4 is 10.6 Å². The van der Waals surface area contributed by atoms with Gasteiger partial charge in [0, 0.05) is 10.8 Å². The summed E-state index contributed by atoms with van der Waals surface area (Å²) in [4.78, 5) is 0. The van der Waals surface area contributed by atoms with E-state index in [0.717, 1.165) is 5.66 Å². The highest BCUT2D eigenvalue weighted by Crippen LogP contribution is 2.66. The summed E-state index contributed by atoms with van der Waals surface area (Å²) in [7, 11) is -1.58. The summed E-state index contributed by atoms with van der Waals surface area (Å²) in [5, 5.41) is 9.12. The summed E-state index contributed by atoms with van der Waals surface area (Å²) in [5.41, 5.74) is 0.810. The highest BCUT2D eigenvalue weighted by Gasteiger charge is 2.51. The Bertz CT molecular complexity index is 1080. The average Bonchev–Trinajstić information content (AvgIpc) is 2.85. The van der Waals surface area contributed by atoms with E-state index in [2.05, 4.69) is 91.9 Å². The fraction of sp³-hybridized carbons (Fsp3) is 0.333. The van der Waals surface area contributed by atoms with Crippen LogP contribution in [0, 0.1) is 0 Å². The molecule has 1 aliphatic carbocycles. The van der Waals surface area contributed by atoms with Gasteiger partial charge >= 0.3 is 0 Å². The zero-order valence-corrected chi connectivity index (χ0v) is 19.7. The van der Waals surface area contributed by atoms with Gasteiger partial charge in [0.1, 0.15) is 10.6 Å². The van der Waals surface area contributed by atoms with Crippen molar-refractivity contribution in [3.05, 3.63) is 84.9 Å².